The van der Waals surface area contributed by atoms with Crippen molar-refractivity contribution in [2.45, 2.75) is 31.6 Å². The van der Waals surface area contributed by atoms with Crippen molar-refractivity contribution in [3.8, 4) is 0 Å². The van der Waals surface area contributed by atoms with Crippen molar-refractivity contribution in [2.75, 3.05) is 6.26 Å². The van der Waals surface area contributed by atoms with Crippen LogP contribution < -0.4 is 5.73 Å². The van der Waals surface area contributed by atoms with Gasteiger partial charge < -0.3 is 10.3 Å². The first-order chi connectivity index (χ1) is 7.67. The first-order valence-corrected chi connectivity index (χ1v) is 6.50. The molecule has 2 heterocycles. The zero-order chi connectivity index (χ0) is 11.7. The van der Waals surface area contributed by atoms with Gasteiger partial charge in [0, 0.05) is 18.8 Å². The summed E-state index contributed by atoms with van der Waals surface area (Å²) < 4.78 is 2.15. The fourth-order valence-corrected chi connectivity index (χ4v) is 2.41. The molecule has 0 aliphatic carbocycles. The second-order valence-corrected chi connectivity index (χ2v) is 4.73. The van der Waals surface area contributed by atoms with Crippen LogP contribution in [0.2, 0.25) is 0 Å². The monoisotopic (exact) mass is 236 g/mol. The fraction of sp³-hybridized carbons (Fsp3) is 0.455. The molecule has 16 heavy (non-hydrogen) atoms. The van der Waals surface area contributed by atoms with Crippen molar-refractivity contribution in [1.29, 1.82) is 0 Å². The standard InChI is InChI=1S/C11H16N4S/c1-7(2)15-10-9(14-11(15)16-3)4-8(5-12)6-13-10/h4,6-7H,5,12H2,1-3H3. The van der Waals surface area contributed by atoms with Crippen LogP contribution in [0.25, 0.3) is 11.2 Å². The first kappa shape index (κ1) is 11.4. The van der Waals surface area contributed by atoms with Crippen LogP contribution in [-0.4, -0.2) is 20.8 Å². The molecule has 0 aliphatic rings. The Balaban J connectivity index is 2.67. The van der Waals surface area contributed by atoms with Crippen LogP contribution in [0.3, 0.4) is 0 Å². The van der Waals surface area contributed by atoms with Gasteiger partial charge in [-0.3, -0.25) is 0 Å². The molecule has 2 rings (SSSR count). The molecule has 0 spiro atoms. The minimum Gasteiger partial charge on any atom is -0.326 e. The highest BCUT2D eigenvalue weighted by molar-refractivity contribution is 7.98. The molecule has 2 N–H and O–H groups in total. The van der Waals surface area contributed by atoms with E-state index < -0.39 is 0 Å². The third-order valence-electron chi connectivity index (χ3n) is 2.49. The summed E-state index contributed by atoms with van der Waals surface area (Å²) in [6.45, 7) is 4.78. The summed E-state index contributed by atoms with van der Waals surface area (Å²) in [5.41, 5.74) is 8.49. The molecule has 2 aromatic heterocycles. The maximum Gasteiger partial charge on any atom is 0.170 e. The van der Waals surface area contributed by atoms with Crippen molar-refractivity contribution in [1.82, 2.24) is 14.5 Å². The van der Waals surface area contributed by atoms with Crippen LogP contribution in [0, 0.1) is 0 Å². The number of nitrogens with zero attached hydrogens (tertiary/aromatic N) is 3. The normalized spacial score (nSPS) is 11.6. The van der Waals surface area contributed by atoms with Gasteiger partial charge in [-0.15, -0.1) is 0 Å². The van der Waals surface area contributed by atoms with Gasteiger partial charge in [-0.05, 0) is 31.7 Å². The van der Waals surface area contributed by atoms with E-state index in [1.807, 2.05) is 18.5 Å². The van der Waals surface area contributed by atoms with Crippen molar-refractivity contribution >= 4 is 22.9 Å². The lowest BCUT2D eigenvalue weighted by molar-refractivity contribution is 0.562. The van der Waals surface area contributed by atoms with Gasteiger partial charge in [0.15, 0.2) is 10.8 Å². The van der Waals surface area contributed by atoms with E-state index in [0.717, 1.165) is 21.9 Å². The van der Waals surface area contributed by atoms with Crippen LogP contribution in [0.15, 0.2) is 17.4 Å². The van der Waals surface area contributed by atoms with Crippen LogP contribution in [0.1, 0.15) is 25.5 Å². The molecule has 0 saturated carbocycles. The van der Waals surface area contributed by atoms with Crippen molar-refractivity contribution < 1.29 is 0 Å². The third-order valence-corrected chi connectivity index (χ3v) is 3.14. The molecule has 0 unspecified atom stereocenters. The van der Waals surface area contributed by atoms with Crippen LogP contribution in [-0.2, 0) is 6.54 Å². The molecule has 4 nitrogen and oxygen atoms in total. The van der Waals surface area contributed by atoms with Crippen molar-refractivity contribution in [3.05, 3.63) is 17.8 Å². The number of imidazole rings is 1. The minimum atomic E-state index is 0.365. The van der Waals surface area contributed by atoms with Crippen molar-refractivity contribution in [3.63, 3.8) is 0 Å². The molecule has 0 fully saturated rings. The second-order valence-electron chi connectivity index (χ2n) is 3.95. The largest absolute Gasteiger partial charge is 0.326 e. The molecule has 2 aromatic rings. The Labute approximate surface area is 99.3 Å². The molecular formula is C11H16N4S. The summed E-state index contributed by atoms with van der Waals surface area (Å²) in [6, 6.07) is 2.38. The molecule has 0 aromatic carbocycles. The quantitative estimate of drug-likeness (QED) is 0.830. The van der Waals surface area contributed by atoms with Crippen LogP contribution in [0.4, 0.5) is 0 Å². The molecular weight excluding hydrogens is 220 g/mol. The minimum absolute atomic E-state index is 0.365. The highest BCUT2D eigenvalue weighted by Gasteiger charge is 2.13. The number of hydrogen-bond donors (Lipinski definition) is 1. The highest BCUT2D eigenvalue weighted by atomic mass is 32.2. The Hall–Kier alpha value is -1.07. The highest BCUT2D eigenvalue weighted by Crippen LogP contribution is 2.25. The van der Waals surface area contributed by atoms with Gasteiger partial charge in [0.2, 0.25) is 0 Å². The van der Waals surface area contributed by atoms with E-state index in [1.54, 1.807) is 11.8 Å². The molecule has 86 valence electrons. The van der Waals surface area contributed by atoms with Crippen LogP contribution in [0.5, 0.6) is 0 Å². The zero-order valence-corrected chi connectivity index (χ0v) is 10.6. The maximum atomic E-state index is 5.60. The molecule has 0 atom stereocenters. The van der Waals surface area contributed by atoms with E-state index in [0.29, 0.717) is 12.6 Å². The fourth-order valence-electron chi connectivity index (χ4n) is 1.72. The summed E-state index contributed by atoms with van der Waals surface area (Å²) in [5, 5.41) is 1.01. The van der Waals surface area contributed by atoms with E-state index in [-0.39, 0.29) is 0 Å². The Morgan fingerprint density at radius 1 is 1.50 bits per heavy atom. The summed E-state index contributed by atoms with van der Waals surface area (Å²) in [6.07, 6.45) is 3.86. The summed E-state index contributed by atoms with van der Waals surface area (Å²) in [7, 11) is 0. The van der Waals surface area contributed by atoms with E-state index in [1.165, 1.54) is 0 Å². The molecule has 0 amide bonds. The molecule has 5 heteroatoms. The lowest BCUT2D eigenvalue weighted by atomic mass is 10.3. The predicted octanol–water partition coefficient (Wildman–Crippen LogP) is 2.19. The van der Waals surface area contributed by atoms with Gasteiger partial charge in [-0.2, -0.15) is 0 Å². The van der Waals surface area contributed by atoms with Crippen LogP contribution >= 0.6 is 11.8 Å². The SMILES string of the molecule is CSc1nc2cc(CN)cnc2n1C(C)C. The zero-order valence-electron chi connectivity index (χ0n) is 9.77. The smallest absolute Gasteiger partial charge is 0.170 e. The Morgan fingerprint density at radius 2 is 2.25 bits per heavy atom. The maximum absolute atomic E-state index is 5.60. The Morgan fingerprint density at radius 3 is 2.81 bits per heavy atom. The average molecular weight is 236 g/mol. The number of nitrogens with two attached hydrogens (primary N) is 1. The lowest BCUT2D eigenvalue weighted by Gasteiger charge is -2.10. The molecule has 0 aliphatic heterocycles. The summed E-state index contributed by atoms with van der Waals surface area (Å²) in [5.74, 6) is 0. The third kappa shape index (κ3) is 1.81. The number of rotatable bonds is 3. The van der Waals surface area contributed by atoms with E-state index in [4.69, 9.17) is 5.73 Å². The number of aromatic nitrogens is 3. The van der Waals surface area contributed by atoms with Gasteiger partial charge >= 0.3 is 0 Å². The van der Waals surface area contributed by atoms with Gasteiger partial charge in [0.05, 0.1) is 0 Å². The topological polar surface area (TPSA) is 56.7 Å². The van der Waals surface area contributed by atoms with E-state index in [9.17, 15) is 0 Å². The molecule has 0 radical (unpaired) electrons. The first-order valence-electron chi connectivity index (χ1n) is 5.28. The van der Waals surface area contributed by atoms with Gasteiger partial charge in [0.25, 0.3) is 0 Å². The van der Waals surface area contributed by atoms with Gasteiger partial charge in [-0.1, -0.05) is 11.8 Å². The summed E-state index contributed by atoms with van der Waals surface area (Å²) in [4.78, 5) is 9.02. The average Bonchev–Trinajstić information content (AvgIpc) is 2.65. The van der Waals surface area contributed by atoms with E-state index >= 15 is 0 Å². The molecule has 0 bridgehead atoms. The Kier molecular flexibility index (Phi) is 3.16. The predicted molar refractivity (Wildman–Crippen MR) is 67.6 cm³/mol. The summed E-state index contributed by atoms with van der Waals surface area (Å²) >= 11 is 1.64. The number of hydrogen-bond acceptors (Lipinski definition) is 4. The van der Waals surface area contributed by atoms with Gasteiger partial charge in [-0.25, -0.2) is 9.97 Å². The van der Waals surface area contributed by atoms with Crippen molar-refractivity contribution in [2.24, 2.45) is 5.73 Å². The van der Waals surface area contributed by atoms with Gasteiger partial charge in [0.1, 0.15) is 5.52 Å². The Bertz CT molecular complexity index is 504. The molecule has 0 saturated heterocycles. The lowest BCUT2D eigenvalue weighted by Crippen LogP contribution is -2.03. The second kappa shape index (κ2) is 4.43. The number of fused-ring (bicyclic) bond motifs is 1. The number of pyridine rings is 1. The van der Waals surface area contributed by atoms with E-state index in [2.05, 4.69) is 28.4 Å². The number of thioether (sulfide) groups is 1.